The fourth-order valence-corrected chi connectivity index (χ4v) is 4.73. The average Bonchev–Trinajstić information content (AvgIpc) is 3.35. The Morgan fingerprint density at radius 2 is 1.70 bits per heavy atom. The molecular formula is C26H31N3O4. The number of anilines is 1. The summed E-state index contributed by atoms with van der Waals surface area (Å²) in [4.78, 5) is 42.6. The molecule has 7 nitrogen and oxygen atoms in total. The van der Waals surface area contributed by atoms with Crippen LogP contribution in [0.25, 0.3) is 0 Å². The van der Waals surface area contributed by atoms with E-state index in [1.165, 1.54) is 0 Å². The van der Waals surface area contributed by atoms with Crippen LogP contribution in [0.15, 0.2) is 54.6 Å². The largest absolute Gasteiger partial charge is 0.497 e. The van der Waals surface area contributed by atoms with Gasteiger partial charge in [0, 0.05) is 25.3 Å². The maximum absolute atomic E-state index is 13.4. The number of hydrogen-bond donors (Lipinski definition) is 1. The predicted molar refractivity (Wildman–Crippen MR) is 126 cm³/mol. The van der Waals surface area contributed by atoms with Crippen molar-refractivity contribution in [1.29, 1.82) is 0 Å². The summed E-state index contributed by atoms with van der Waals surface area (Å²) in [6.45, 7) is 1.68. The molecule has 0 saturated carbocycles. The van der Waals surface area contributed by atoms with Gasteiger partial charge in [0.1, 0.15) is 11.8 Å². The molecule has 2 aliphatic heterocycles. The summed E-state index contributed by atoms with van der Waals surface area (Å²) in [5.74, 6) is 0.328. The number of rotatable bonds is 6. The molecule has 2 unspecified atom stereocenters. The molecule has 7 heteroatoms. The van der Waals surface area contributed by atoms with Crippen molar-refractivity contribution in [3.05, 3.63) is 60.2 Å². The summed E-state index contributed by atoms with van der Waals surface area (Å²) < 4.78 is 5.15. The van der Waals surface area contributed by atoms with Gasteiger partial charge in [0.05, 0.1) is 19.4 Å². The number of nitrogens with zero attached hydrogens (tertiary/aromatic N) is 2. The van der Waals surface area contributed by atoms with Crippen LogP contribution in [0.2, 0.25) is 0 Å². The first-order valence-corrected chi connectivity index (χ1v) is 11.6. The first kappa shape index (κ1) is 22.8. The smallest absolute Gasteiger partial charge is 0.247 e. The number of hydrogen-bond acceptors (Lipinski definition) is 4. The van der Waals surface area contributed by atoms with E-state index in [9.17, 15) is 14.4 Å². The van der Waals surface area contributed by atoms with Crippen LogP contribution in [-0.4, -0.2) is 60.3 Å². The fraction of sp³-hybridized carbons (Fsp3) is 0.423. The Bertz CT molecular complexity index is 977. The minimum Gasteiger partial charge on any atom is -0.497 e. The van der Waals surface area contributed by atoms with E-state index in [2.05, 4.69) is 5.32 Å². The van der Waals surface area contributed by atoms with E-state index < -0.39 is 6.04 Å². The van der Waals surface area contributed by atoms with Crippen molar-refractivity contribution in [2.75, 3.05) is 32.1 Å². The van der Waals surface area contributed by atoms with Gasteiger partial charge in [-0.3, -0.25) is 14.4 Å². The predicted octanol–water partition coefficient (Wildman–Crippen LogP) is 3.11. The lowest BCUT2D eigenvalue weighted by Gasteiger charge is -2.35. The number of likely N-dealkylation sites (tertiary alicyclic amines) is 2. The molecule has 2 aliphatic rings. The first-order chi connectivity index (χ1) is 16.0. The third-order valence-electron chi connectivity index (χ3n) is 6.52. The van der Waals surface area contributed by atoms with Crippen molar-refractivity contribution in [2.45, 2.75) is 38.1 Å². The molecule has 174 valence electrons. The lowest BCUT2D eigenvalue weighted by molar-refractivity contribution is -0.143. The number of piperidine rings is 1. The summed E-state index contributed by atoms with van der Waals surface area (Å²) in [7, 11) is 1.59. The zero-order valence-electron chi connectivity index (χ0n) is 19.0. The van der Waals surface area contributed by atoms with E-state index in [1.807, 2.05) is 35.2 Å². The van der Waals surface area contributed by atoms with Gasteiger partial charge in [-0.25, -0.2) is 0 Å². The van der Waals surface area contributed by atoms with Gasteiger partial charge in [-0.2, -0.15) is 0 Å². The highest BCUT2D eigenvalue weighted by Crippen LogP contribution is 2.26. The molecule has 4 rings (SSSR count). The van der Waals surface area contributed by atoms with Crippen molar-refractivity contribution < 1.29 is 19.1 Å². The van der Waals surface area contributed by atoms with Crippen molar-refractivity contribution in [3.8, 4) is 5.75 Å². The summed E-state index contributed by atoms with van der Waals surface area (Å²) in [6.07, 6.45) is 3.34. The van der Waals surface area contributed by atoms with E-state index in [4.69, 9.17) is 4.74 Å². The topological polar surface area (TPSA) is 79.0 Å². The van der Waals surface area contributed by atoms with E-state index in [-0.39, 0.29) is 23.6 Å². The number of carbonyl (C=O) groups is 3. The van der Waals surface area contributed by atoms with E-state index in [1.54, 1.807) is 36.3 Å². The van der Waals surface area contributed by atoms with Gasteiger partial charge in [0.2, 0.25) is 17.7 Å². The lowest BCUT2D eigenvalue weighted by Crippen LogP contribution is -2.50. The fourth-order valence-electron chi connectivity index (χ4n) is 4.73. The molecule has 0 spiro atoms. The molecule has 0 radical (unpaired) electrons. The normalized spacial score (nSPS) is 20.4. The SMILES string of the molecule is COc1ccc(NC(=O)C2CCCN2C(=O)C2CCCN(C(=O)Cc3ccccc3)C2)cc1. The number of nitrogens with one attached hydrogen (secondary N) is 1. The number of ether oxygens (including phenoxy) is 1. The molecule has 2 atom stereocenters. The molecule has 2 fully saturated rings. The van der Waals surface area contributed by atoms with E-state index >= 15 is 0 Å². The van der Waals surface area contributed by atoms with Crippen LogP contribution in [0, 0.1) is 5.92 Å². The molecule has 1 N–H and O–H groups in total. The van der Waals surface area contributed by atoms with Crippen LogP contribution in [0.3, 0.4) is 0 Å². The van der Waals surface area contributed by atoms with Crippen LogP contribution >= 0.6 is 0 Å². The third-order valence-corrected chi connectivity index (χ3v) is 6.52. The van der Waals surface area contributed by atoms with Gasteiger partial charge in [-0.05, 0) is 55.5 Å². The van der Waals surface area contributed by atoms with E-state index in [0.29, 0.717) is 43.9 Å². The van der Waals surface area contributed by atoms with Crippen LogP contribution in [0.5, 0.6) is 5.75 Å². The zero-order valence-corrected chi connectivity index (χ0v) is 19.0. The Morgan fingerprint density at radius 3 is 2.42 bits per heavy atom. The summed E-state index contributed by atoms with van der Waals surface area (Å²) in [6, 6.07) is 16.3. The Morgan fingerprint density at radius 1 is 0.970 bits per heavy atom. The monoisotopic (exact) mass is 449 g/mol. The van der Waals surface area contributed by atoms with Gasteiger partial charge in [0.15, 0.2) is 0 Å². The zero-order chi connectivity index (χ0) is 23.2. The van der Waals surface area contributed by atoms with Crippen LogP contribution in [0.4, 0.5) is 5.69 Å². The summed E-state index contributed by atoms with van der Waals surface area (Å²) >= 11 is 0. The molecule has 0 aromatic heterocycles. The minimum absolute atomic E-state index is 0.0143. The third kappa shape index (κ3) is 5.53. The Hall–Kier alpha value is -3.35. The Kier molecular flexibility index (Phi) is 7.27. The van der Waals surface area contributed by atoms with E-state index in [0.717, 1.165) is 24.8 Å². The maximum atomic E-state index is 13.4. The molecule has 3 amide bonds. The summed E-state index contributed by atoms with van der Waals surface area (Å²) in [5.41, 5.74) is 1.65. The van der Waals surface area contributed by atoms with Gasteiger partial charge >= 0.3 is 0 Å². The van der Waals surface area contributed by atoms with Crippen molar-refractivity contribution in [2.24, 2.45) is 5.92 Å². The van der Waals surface area contributed by atoms with Crippen molar-refractivity contribution in [3.63, 3.8) is 0 Å². The number of methoxy groups -OCH3 is 1. The van der Waals surface area contributed by atoms with Gasteiger partial charge in [-0.1, -0.05) is 30.3 Å². The molecule has 2 aromatic carbocycles. The van der Waals surface area contributed by atoms with Gasteiger partial charge in [-0.15, -0.1) is 0 Å². The standard InChI is InChI=1S/C26H31N3O4/c1-33-22-13-11-21(12-14-22)27-25(31)23-10-6-16-29(23)26(32)20-9-5-15-28(18-20)24(30)17-19-7-3-2-4-8-19/h2-4,7-8,11-14,20,23H,5-6,9-10,15-18H2,1H3,(H,27,31). The first-order valence-electron chi connectivity index (χ1n) is 11.6. The van der Waals surface area contributed by atoms with Crippen LogP contribution in [-0.2, 0) is 20.8 Å². The average molecular weight is 450 g/mol. The molecule has 2 heterocycles. The quantitative estimate of drug-likeness (QED) is 0.735. The highest BCUT2D eigenvalue weighted by Gasteiger charge is 2.39. The summed E-state index contributed by atoms with van der Waals surface area (Å²) in [5, 5.41) is 2.92. The highest BCUT2D eigenvalue weighted by molar-refractivity contribution is 5.98. The van der Waals surface area contributed by atoms with Gasteiger partial charge < -0.3 is 19.9 Å². The van der Waals surface area contributed by atoms with Crippen molar-refractivity contribution in [1.82, 2.24) is 9.80 Å². The molecule has 0 aliphatic carbocycles. The number of amides is 3. The van der Waals surface area contributed by atoms with Gasteiger partial charge in [0.25, 0.3) is 0 Å². The Labute approximate surface area is 194 Å². The molecule has 33 heavy (non-hydrogen) atoms. The van der Waals surface area contributed by atoms with Crippen LogP contribution < -0.4 is 10.1 Å². The second-order valence-electron chi connectivity index (χ2n) is 8.75. The molecule has 2 saturated heterocycles. The van der Waals surface area contributed by atoms with Crippen molar-refractivity contribution >= 4 is 23.4 Å². The highest BCUT2D eigenvalue weighted by atomic mass is 16.5. The number of carbonyl (C=O) groups excluding carboxylic acids is 3. The van der Waals surface area contributed by atoms with Crippen LogP contribution in [0.1, 0.15) is 31.2 Å². The maximum Gasteiger partial charge on any atom is 0.247 e. The Balaban J connectivity index is 1.36. The minimum atomic E-state index is -0.477. The lowest BCUT2D eigenvalue weighted by atomic mass is 9.95. The second kappa shape index (κ2) is 10.5. The number of benzene rings is 2. The molecular weight excluding hydrogens is 418 g/mol. The second-order valence-corrected chi connectivity index (χ2v) is 8.75. The molecule has 0 bridgehead atoms. The molecule has 2 aromatic rings.